The first-order chi connectivity index (χ1) is 9.78. The maximum absolute atomic E-state index is 5.25. The first-order valence-electron chi connectivity index (χ1n) is 6.36. The average molecular weight is 285 g/mol. The lowest BCUT2D eigenvalue weighted by molar-refractivity contribution is 0.415. The van der Waals surface area contributed by atoms with E-state index in [9.17, 15) is 0 Å². The van der Waals surface area contributed by atoms with Crippen LogP contribution in [0, 0.1) is 0 Å². The van der Waals surface area contributed by atoms with Gasteiger partial charge in [-0.3, -0.25) is 0 Å². The van der Waals surface area contributed by atoms with Gasteiger partial charge in [-0.05, 0) is 36.6 Å². The summed E-state index contributed by atoms with van der Waals surface area (Å²) in [6.07, 6.45) is 3.62. The molecule has 0 aliphatic heterocycles. The normalized spacial score (nSPS) is 12.3. The van der Waals surface area contributed by atoms with Gasteiger partial charge in [0.2, 0.25) is 0 Å². The topological polar surface area (TPSA) is 47.0 Å². The van der Waals surface area contributed by atoms with Crippen LogP contribution in [-0.4, -0.2) is 17.1 Å². The zero-order valence-corrected chi connectivity index (χ0v) is 12.1. The van der Waals surface area contributed by atoms with Crippen molar-refractivity contribution in [2.45, 2.75) is 13.0 Å². The maximum Gasteiger partial charge on any atom is 0.134 e. The van der Waals surface area contributed by atoms with Crippen molar-refractivity contribution in [1.29, 1.82) is 0 Å². The van der Waals surface area contributed by atoms with Crippen molar-refractivity contribution in [3.8, 4) is 5.75 Å². The Morgan fingerprint density at radius 3 is 2.85 bits per heavy atom. The molecule has 1 aromatic carbocycles. The maximum atomic E-state index is 5.25. The van der Waals surface area contributed by atoms with Crippen LogP contribution in [0.1, 0.15) is 18.0 Å². The Morgan fingerprint density at radius 2 is 2.10 bits per heavy atom. The number of anilines is 1. The lowest BCUT2D eigenvalue weighted by Crippen LogP contribution is -2.07. The minimum Gasteiger partial charge on any atom is -0.497 e. The number of thiazole rings is 1. The van der Waals surface area contributed by atoms with Crippen molar-refractivity contribution in [3.05, 3.63) is 47.0 Å². The molecule has 2 heterocycles. The van der Waals surface area contributed by atoms with E-state index in [2.05, 4.69) is 22.2 Å². The minimum absolute atomic E-state index is 0.134. The summed E-state index contributed by atoms with van der Waals surface area (Å²) >= 11 is 1.64. The molecule has 0 fully saturated rings. The van der Waals surface area contributed by atoms with Gasteiger partial charge in [0.1, 0.15) is 16.6 Å². The van der Waals surface area contributed by atoms with Crippen LogP contribution < -0.4 is 10.1 Å². The van der Waals surface area contributed by atoms with E-state index in [0.717, 1.165) is 27.3 Å². The van der Waals surface area contributed by atoms with Crippen LogP contribution in [0.3, 0.4) is 0 Å². The van der Waals surface area contributed by atoms with Crippen LogP contribution in [0.25, 0.3) is 10.8 Å². The number of hydrogen-bond donors (Lipinski definition) is 1. The largest absolute Gasteiger partial charge is 0.497 e. The summed E-state index contributed by atoms with van der Waals surface area (Å²) in [4.78, 5) is 8.77. The number of methoxy groups -OCH3 is 1. The molecular weight excluding hydrogens is 270 g/mol. The fourth-order valence-corrected chi connectivity index (χ4v) is 2.76. The van der Waals surface area contributed by atoms with Crippen LogP contribution in [0.2, 0.25) is 0 Å². The van der Waals surface area contributed by atoms with Gasteiger partial charge in [-0.15, -0.1) is 11.3 Å². The number of hydrogen-bond acceptors (Lipinski definition) is 5. The zero-order valence-electron chi connectivity index (χ0n) is 11.3. The highest BCUT2D eigenvalue weighted by atomic mass is 32.1. The summed E-state index contributed by atoms with van der Waals surface area (Å²) < 4.78 is 5.25. The van der Waals surface area contributed by atoms with E-state index in [1.807, 2.05) is 35.8 Å². The van der Waals surface area contributed by atoms with E-state index in [0.29, 0.717) is 0 Å². The summed E-state index contributed by atoms with van der Waals surface area (Å²) in [5, 5.41) is 8.64. The Labute approximate surface area is 121 Å². The van der Waals surface area contributed by atoms with Crippen molar-refractivity contribution in [1.82, 2.24) is 9.97 Å². The molecule has 1 unspecified atom stereocenters. The van der Waals surface area contributed by atoms with E-state index in [4.69, 9.17) is 4.74 Å². The number of rotatable bonds is 4. The number of fused-ring (bicyclic) bond motifs is 1. The molecule has 5 heteroatoms. The predicted molar refractivity (Wildman–Crippen MR) is 82.4 cm³/mol. The third-order valence-corrected chi connectivity index (χ3v) is 4.10. The Kier molecular flexibility index (Phi) is 3.52. The van der Waals surface area contributed by atoms with Crippen molar-refractivity contribution in [3.63, 3.8) is 0 Å². The molecule has 0 spiro atoms. The first-order valence-corrected chi connectivity index (χ1v) is 7.24. The van der Waals surface area contributed by atoms with Crippen molar-refractivity contribution in [2.24, 2.45) is 0 Å². The van der Waals surface area contributed by atoms with Gasteiger partial charge in [-0.1, -0.05) is 0 Å². The van der Waals surface area contributed by atoms with E-state index >= 15 is 0 Å². The number of pyridine rings is 1. The Bertz CT molecular complexity index is 712. The predicted octanol–water partition coefficient (Wildman–Crippen LogP) is 3.87. The fraction of sp³-hybridized carbons (Fsp3) is 0.200. The van der Waals surface area contributed by atoms with Crippen molar-refractivity contribution < 1.29 is 4.74 Å². The molecule has 102 valence electrons. The lowest BCUT2D eigenvalue weighted by atomic mass is 10.1. The van der Waals surface area contributed by atoms with Gasteiger partial charge in [0, 0.05) is 23.2 Å². The Hall–Kier alpha value is -2.14. The highest BCUT2D eigenvalue weighted by Crippen LogP contribution is 2.28. The van der Waals surface area contributed by atoms with Gasteiger partial charge < -0.3 is 10.1 Å². The number of aromatic nitrogens is 2. The molecule has 20 heavy (non-hydrogen) atoms. The summed E-state index contributed by atoms with van der Waals surface area (Å²) in [7, 11) is 1.67. The molecular formula is C15H15N3OS. The summed E-state index contributed by atoms with van der Waals surface area (Å²) in [6.45, 7) is 2.09. The van der Waals surface area contributed by atoms with Gasteiger partial charge in [0.15, 0.2) is 0 Å². The fourth-order valence-electron chi connectivity index (χ4n) is 2.11. The number of nitrogens with zero attached hydrogens (tertiary/aromatic N) is 2. The van der Waals surface area contributed by atoms with Crippen molar-refractivity contribution in [2.75, 3.05) is 12.4 Å². The monoisotopic (exact) mass is 285 g/mol. The van der Waals surface area contributed by atoms with Crippen LogP contribution in [0.15, 0.2) is 42.0 Å². The highest BCUT2D eigenvalue weighted by Gasteiger charge is 2.10. The van der Waals surface area contributed by atoms with E-state index < -0.39 is 0 Å². The van der Waals surface area contributed by atoms with Gasteiger partial charge >= 0.3 is 0 Å². The standard InChI is InChI=1S/C15H15N3OS/c1-10(15-17-7-8-20-15)18-14-13-4-3-12(19-2)9-11(13)5-6-16-14/h3-10H,1-2H3,(H,16,18). The van der Waals surface area contributed by atoms with E-state index in [1.165, 1.54) is 0 Å². The van der Waals surface area contributed by atoms with Gasteiger partial charge in [-0.2, -0.15) is 0 Å². The second kappa shape index (κ2) is 5.46. The first kappa shape index (κ1) is 12.9. The second-order valence-electron chi connectivity index (χ2n) is 4.48. The molecule has 0 aliphatic carbocycles. The molecule has 2 aromatic heterocycles. The zero-order chi connectivity index (χ0) is 13.9. The Morgan fingerprint density at radius 1 is 1.20 bits per heavy atom. The van der Waals surface area contributed by atoms with Gasteiger partial charge in [0.25, 0.3) is 0 Å². The number of ether oxygens (including phenoxy) is 1. The smallest absolute Gasteiger partial charge is 0.134 e. The van der Waals surface area contributed by atoms with E-state index in [-0.39, 0.29) is 6.04 Å². The average Bonchev–Trinajstić information content (AvgIpc) is 3.01. The van der Waals surface area contributed by atoms with Crippen LogP contribution >= 0.6 is 11.3 Å². The third kappa shape index (κ3) is 2.44. The van der Waals surface area contributed by atoms with Gasteiger partial charge in [0.05, 0.1) is 13.2 Å². The molecule has 0 saturated carbocycles. The molecule has 4 nitrogen and oxygen atoms in total. The number of benzene rings is 1. The highest BCUT2D eigenvalue weighted by molar-refractivity contribution is 7.09. The van der Waals surface area contributed by atoms with Crippen LogP contribution in [0.4, 0.5) is 5.82 Å². The molecule has 0 saturated heterocycles. The molecule has 3 aromatic rings. The quantitative estimate of drug-likeness (QED) is 0.790. The molecule has 0 bridgehead atoms. The minimum atomic E-state index is 0.134. The van der Waals surface area contributed by atoms with Crippen molar-refractivity contribution >= 4 is 27.9 Å². The van der Waals surface area contributed by atoms with Crippen LogP contribution in [0.5, 0.6) is 5.75 Å². The Balaban J connectivity index is 1.95. The molecule has 1 N–H and O–H groups in total. The summed E-state index contributed by atoms with van der Waals surface area (Å²) in [5.74, 6) is 1.72. The summed E-state index contributed by atoms with van der Waals surface area (Å²) in [5.41, 5.74) is 0. The molecule has 0 amide bonds. The molecule has 3 rings (SSSR count). The molecule has 0 aliphatic rings. The molecule has 1 atom stereocenters. The summed E-state index contributed by atoms with van der Waals surface area (Å²) in [6, 6.07) is 8.10. The SMILES string of the molecule is COc1ccc2c(NC(C)c3nccs3)nccc2c1. The van der Waals surface area contributed by atoms with Crippen LogP contribution in [-0.2, 0) is 0 Å². The second-order valence-corrected chi connectivity index (χ2v) is 5.41. The number of nitrogens with one attached hydrogen (secondary N) is 1. The lowest BCUT2D eigenvalue weighted by Gasteiger charge is -2.14. The molecule has 0 radical (unpaired) electrons. The van der Waals surface area contributed by atoms with E-state index in [1.54, 1.807) is 24.6 Å². The third-order valence-electron chi connectivity index (χ3n) is 3.15. The van der Waals surface area contributed by atoms with Gasteiger partial charge in [-0.25, -0.2) is 9.97 Å².